The van der Waals surface area contributed by atoms with Gasteiger partial charge in [0, 0.05) is 34.9 Å². The summed E-state index contributed by atoms with van der Waals surface area (Å²) in [4.78, 5) is 2.34. The smallest absolute Gasteiger partial charge is 0.244 e. The van der Waals surface area contributed by atoms with Gasteiger partial charge in [0.1, 0.15) is 12.5 Å². The van der Waals surface area contributed by atoms with Gasteiger partial charge < -0.3 is 9.64 Å². The number of piperidine rings is 1. The number of benzene rings is 2. The second-order valence-corrected chi connectivity index (χ2v) is 9.55. The molecule has 2 aliphatic rings. The number of hydrogen-bond donors (Lipinski definition) is 0. The number of fused-ring (bicyclic) bond motifs is 1. The molecule has 0 bridgehead atoms. The highest BCUT2D eigenvalue weighted by molar-refractivity contribution is 9.10. The Kier molecular flexibility index (Phi) is 5.24. The molecule has 0 radical (unpaired) electrons. The second-order valence-electron chi connectivity index (χ2n) is 6.79. The third kappa shape index (κ3) is 3.63. The molecule has 8 heteroatoms. The van der Waals surface area contributed by atoms with Crippen LogP contribution in [0.5, 0.6) is 0 Å². The van der Waals surface area contributed by atoms with Crippen LogP contribution in [0.25, 0.3) is 0 Å². The molecule has 5 nitrogen and oxygen atoms in total. The van der Waals surface area contributed by atoms with Gasteiger partial charge in [0.25, 0.3) is 0 Å². The molecule has 4 rings (SSSR count). The molecule has 0 aromatic heterocycles. The molecule has 0 amide bonds. The molecule has 0 aliphatic carbocycles. The number of ether oxygens (including phenoxy) is 1. The molecule has 2 aliphatic heterocycles. The molecule has 0 atom stereocenters. The number of anilines is 1. The summed E-state index contributed by atoms with van der Waals surface area (Å²) in [5, 5.41) is 0. The molecule has 144 valence electrons. The Morgan fingerprint density at radius 1 is 1.11 bits per heavy atom. The van der Waals surface area contributed by atoms with Crippen molar-refractivity contribution in [1.82, 2.24) is 4.31 Å². The molecule has 27 heavy (non-hydrogen) atoms. The predicted molar refractivity (Wildman–Crippen MR) is 104 cm³/mol. The predicted octanol–water partition coefficient (Wildman–Crippen LogP) is 3.74. The molecular formula is C19H20BrFN2O3S. The molecule has 0 saturated carbocycles. The number of nitrogens with zero attached hydrogens (tertiary/aromatic N) is 2. The molecule has 2 aromatic rings. The van der Waals surface area contributed by atoms with Crippen LogP contribution in [0.2, 0.25) is 0 Å². The van der Waals surface area contributed by atoms with Crippen LogP contribution < -0.4 is 4.90 Å². The quantitative estimate of drug-likeness (QED) is 0.708. The molecule has 0 N–H and O–H groups in total. The van der Waals surface area contributed by atoms with Crippen LogP contribution >= 0.6 is 15.9 Å². The first kappa shape index (κ1) is 18.9. The van der Waals surface area contributed by atoms with E-state index in [4.69, 9.17) is 4.74 Å². The van der Waals surface area contributed by atoms with Crippen molar-refractivity contribution in [2.75, 3.05) is 24.7 Å². The van der Waals surface area contributed by atoms with Crippen LogP contribution in [0, 0.1) is 5.82 Å². The van der Waals surface area contributed by atoms with Crippen LogP contribution in [0.3, 0.4) is 0 Å². The Balaban J connectivity index is 1.49. The van der Waals surface area contributed by atoms with Gasteiger partial charge in [-0.2, -0.15) is 4.31 Å². The van der Waals surface area contributed by atoms with E-state index < -0.39 is 15.8 Å². The molecule has 1 saturated heterocycles. The molecule has 1 fully saturated rings. The molecule has 0 unspecified atom stereocenters. The molecule has 2 aromatic carbocycles. The van der Waals surface area contributed by atoms with Crippen molar-refractivity contribution in [3.05, 3.63) is 58.3 Å². The van der Waals surface area contributed by atoms with Crippen LogP contribution in [-0.4, -0.2) is 38.6 Å². The fourth-order valence-corrected chi connectivity index (χ4v) is 6.24. The van der Waals surface area contributed by atoms with Crippen molar-refractivity contribution in [1.29, 1.82) is 0 Å². The van der Waals surface area contributed by atoms with E-state index in [0.717, 1.165) is 18.4 Å². The summed E-state index contributed by atoms with van der Waals surface area (Å²) in [6, 6.07) is 12.1. The maximum absolute atomic E-state index is 13.3. The summed E-state index contributed by atoms with van der Waals surface area (Å²) in [5.74, 6) is -0.469. The number of halogens is 2. The van der Waals surface area contributed by atoms with Crippen molar-refractivity contribution in [2.45, 2.75) is 30.4 Å². The van der Waals surface area contributed by atoms with E-state index in [2.05, 4.69) is 33.0 Å². The lowest BCUT2D eigenvalue weighted by Gasteiger charge is -2.41. The Hall–Kier alpha value is -1.48. The number of rotatable bonds is 3. The monoisotopic (exact) mass is 454 g/mol. The summed E-state index contributed by atoms with van der Waals surface area (Å²) < 4.78 is 46.6. The van der Waals surface area contributed by atoms with Gasteiger partial charge in [0.05, 0.1) is 11.5 Å². The summed E-state index contributed by atoms with van der Waals surface area (Å²) in [6.45, 7) is 1.99. The first-order valence-corrected chi connectivity index (χ1v) is 11.1. The highest BCUT2D eigenvalue weighted by Gasteiger charge is 2.34. The minimum absolute atomic E-state index is 0.106. The van der Waals surface area contributed by atoms with Gasteiger partial charge >= 0.3 is 0 Å². The average molecular weight is 455 g/mol. The number of sulfonamides is 1. The molecule has 2 heterocycles. The zero-order valence-corrected chi connectivity index (χ0v) is 17.0. The highest BCUT2D eigenvalue weighted by atomic mass is 79.9. The summed E-state index contributed by atoms with van der Waals surface area (Å²) in [5.41, 5.74) is 2.33. The topological polar surface area (TPSA) is 49.9 Å². The third-order valence-corrected chi connectivity index (χ3v) is 8.04. The van der Waals surface area contributed by atoms with E-state index in [9.17, 15) is 12.8 Å². The maximum Gasteiger partial charge on any atom is 0.244 e. The van der Waals surface area contributed by atoms with Gasteiger partial charge in [-0.1, -0.05) is 18.2 Å². The van der Waals surface area contributed by atoms with Crippen molar-refractivity contribution in [2.24, 2.45) is 0 Å². The SMILES string of the molecule is O=S(=O)(c1ccc(F)cc1Br)N1CCC(N2COCc3ccccc32)CC1. The van der Waals surface area contributed by atoms with Gasteiger partial charge in [-0.3, -0.25) is 0 Å². The Morgan fingerprint density at radius 2 is 1.85 bits per heavy atom. The van der Waals surface area contributed by atoms with Crippen LogP contribution in [0.4, 0.5) is 10.1 Å². The van der Waals surface area contributed by atoms with Gasteiger partial charge in [-0.25, -0.2) is 12.8 Å². The van der Waals surface area contributed by atoms with Gasteiger partial charge in [0.2, 0.25) is 10.0 Å². The summed E-state index contributed by atoms with van der Waals surface area (Å²) in [7, 11) is -3.65. The number of hydrogen-bond acceptors (Lipinski definition) is 4. The molecular weight excluding hydrogens is 435 g/mol. The Labute approximate surface area is 166 Å². The van der Waals surface area contributed by atoms with E-state index in [1.165, 1.54) is 28.2 Å². The van der Waals surface area contributed by atoms with Crippen molar-refractivity contribution in [3.8, 4) is 0 Å². The minimum atomic E-state index is -3.65. The lowest BCUT2D eigenvalue weighted by molar-refractivity contribution is 0.0988. The third-order valence-electron chi connectivity index (χ3n) is 5.16. The molecule has 0 spiro atoms. The van der Waals surface area contributed by atoms with Gasteiger partial charge in [0.15, 0.2) is 0 Å². The van der Waals surface area contributed by atoms with Gasteiger partial charge in [-0.15, -0.1) is 0 Å². The second kappa shape index (κ2) is 7.50. The summed E-state index contributed by atoms with van der Waals surface area (Å²) in [6.07, 6.45) is 1.44. The van der Waals surface area contributed by atoms with Crippen LogP contribution in [0.15, 0.2) is 51.8 Å². The van der Waals surface area contributed by atoms with E-state index in [-0.39, 0.29) is 15.4 Å². The first-order valence-electron chi connectivity index (χ1n) is 8.84. The standard InChI is InChI=1S/C19H20BrFN2O3S/c20-17-11-15(21)5-6-19(17)27(24,25)22-9-7-16(8-10-22)23-13-26-12-14-3-1-2-4-18(14)23/h1-6,11,16H,7-10,12-13H2. The average Bonchev–Trinajstić information content (AvgIpc) is 2.67. The van der Waals surface area contributed by atoms with E-state index >= 15 is 0 Å². The van der Waals surface area contributed by atoms with Crippen LogP contribution in [0.1, 0.15) is 18.4 Å². The fraction of sp³-hybridized carbons (Fsp3) is 0.368. The lowest BCUT2D eigenvalue weighted by Crippen LogP contribution is -2.48. The fourth-order valence-electron chi connectivity index (χ4n) is 3.76. The largest absolute Gasteiger partial charge is 0.356 e. The van der Waals surface area contributed by atoms with E-state index in [0.29, 0.717) is 26.4 Å². The van der Waals surface area contributed by atoms with Crippen molar-refractivity contribution < 1.29 is 17.5 Å². The van der Waals surface area contributed by atoms with Gasteiger partial charge in [-0.05, 0) is 53.0 Å². The zero-order chi connectivity index (χ0) is 19.0. The van der Waals surface area contributed by atoms with Crippen LogP contribution in [-0.2, 0) is 21.4 Å². The van der Waals surface area contributed by atoms with Crippen molar-refractivity contribution in [3.63, 3.8) is 0 Å². The maximum atomic E-state index is 13.3. The normalized spacial score (nSPS) is 19.1. The summed E-state index contributed by atoms with van der Waals surface area (Å²) >= 11 is 3.17. The minimum Gasteiger partial charge on any atom is -0.356 e. The van der Waals surface area contributed by atoms with E-state index in [1.54, 1.807) is 0 Å². The lowest BCUT2D eigenvalue weighted by atomic mass is 10.0. The Bertz CT molecular complexity index is 946. The highest BCUT2D eigenvalue weighted by Crippen LogP contribution is 2.33. The number of para-hydroxylation sites is 1. The Morgan fingerprint density at radius 3 is 2.59 bits per heavy atom. The van der Waals surface area contributed by atoms with Crippen molar-refractivity contribution >= 4 is 31.6 Å². The van der Waals surface area contributed by atoms with E-state index in [1.807, 2.05) is 12.1 Å². The first-order chi connectivity index (χ1) is 13.0. The zero-order valence-electron chi connectivity index (χ0n) is 14.6.